The number of amides is 2. The molecule has 2 amide bonds. The maximum atomic E-state index is 14.6. The molecule has 3 fully saturated rings. The van der Waals surface area contributed by atoms with E-state index in [9.17, 15) is 18.6 Å². The highest BCUT2D eigenvalue weighted by molar-refractivity contribution is 7.84. The van der Waals surface area contributed by atoms with Crippen LogP contribution in [0.3, 0.4) is 0 Å². The van der Waals surface area contributed by atoms with E-state index in [1.807, 2.05) is 36.9 Å². The van der Waals surface area contributed by atoms with Crippen LogP contribution < -0.4 is 9.46 Å². The molecular formula is C42H59N5O5S. The van der Waals surface area contributed by atoms with E-state index in [0.29, 0.717) is 50.7 Å². The second kappa shape index (κ2) is 16.9. The number of hydrogen-bond acceptors (Lipinski definition) is 7. The lowest BCUT2D eigenvalue weighted by Crippen LogP contribution is -2.51. The maximum Gasteiger partial charge on any atom is 0.263 e. The molecule has 0 spiro atoms. The van der Waals surface area contributed by atoms with Crippen LogP contribution in [-0.4, -0.2) is 107 Å². The quantitative estimate of drug-likeness (QED) is 0.216. The van der Waals surface area contributed by atoms with Crippen molar-refractivity contribution in [1.29, 1.82) is 0 Å². The number of methoxy groups -OCH3 is 1. The molecule has 2 saturated heterocycles. The van der Waals surface area contributed by atoms with E-state index in [-0.39, 0.29) is 23.0 Å². The van der Waals surface area contributed by atoms with Crippen molar-refractivity contribution >= 4 is 40.0 Å². The summed E-state index contributed by atoms with van der Waals surface area (Å²) in [4.78, 5) is 45.6. The van der Waals surface area contributed by atoms with Crippen LogP contribution in [0.4, 0.5) is 0 Å². The Morgan fingerprint density at radius 2 is 1.70 bits per heavy atom. The molecule has 3 aromatic rings. The minimum Gasteiger partial charge on any atom is -0.497 e. The van der Waals surface area contributed by atoms with Gasteiger partial charge in [0.2, 0.25) is 5.91 Å². The molecule has 0 bridgehead atoms. The number of aldehydes is 1. The Kier molecular flexibility index (Phi) is 12.5. The topological polar surface area (TPSA) is 104 Å². The van der Waals surface area contributed by atoms with Gasteiger partial charge in [0.15, 0.2) is 0 Å². The monoisotopic (exact) mass is 745 g/mol. The van der Waals surface area contributed by atoms with Crippen molar-refractivity contribution in [3.63, 3.8) is 0 Å². The first-order valence-corrected chi connectivity index (χ1v) is 21.0. The van der Waals surface area contributed by atoms with E-state index in [2.05, 4.69) is 58.2 Å². The van der Waals surface area contributed by atoms with Gasteiger partial charge in [-0.2, -0.15) is 0 Å². The number of carbonyl (C=O) groups excluding carboxylic acids is 3. The summed E-state index contributed by atoms with van der Waals surface area (Å²) in [6.07, 6.45) is 8.68. The molecular weight excluding hydrogens is 687 g/mol. The lowest BCUT2D eigenvalue weighted by atomic mass is 9.85. The molecule has 1 aromatic heterocycles. The molecule has 7 rings (SSSR count). The molecule has 4 heterocycles. The summed E-state index contributed by atoms with van der Waals surface area (Å²) in [7, 11) is 2.36. The normalized spacial score (nSPS) is 21.7. The van der Waals surface area contributed by atoms with Crippen molar-refractivity contribution in [2.75, 3.05) is 60.0 Å². The number of rotatable bonds is 12. The van der Waals surface area contributed by atoms with Crippen molar-refractivity contribution in [2.45, 2.75) is 96.3 Å². The van der Waals surface area contributed by atoms with Gasteiger partial charge in [-0.05, 0) is 113 Å². The molecule has 1 N–H and O–H groups in total. The summed E-state index contributed by atoms with van der Waals surface area (Å²) in [5.41, 5.74) is 5.49. The Hall–Kier alpha value is -3.54. The zero-order valence-corrected chi connectivity index (χ0v) is 33.4. The number of nitrogens with zero attached hydrogens (tertiary/aromatic N) is 4. The second-order valence-corrected chi connectivity index (χ2v) is 17.5. The minimum atomic E-state index is -1.49. The van der Waals surface area contributed by atoms with Gasteiger partial charge in [0.1, 0.15) is 23.0 Å². The van der Waals surface area contributed by atoms with Crippen molar-refractivity contribution in [2.24, 2.45) is 5.41 Å². The van der Waals surface area contributed by atoms with Crippen LogP contribution in [0.1, 0.15) is 106 Å². The molecule has 3 unspecified atom stereocenters. The molecule has 3 atom stereocenters. The smallest absolute Gasteiger partial charge is 0.263 e. The average Bonchev–Trinajstić information content (AvgIpc) is 3.57. The molecule has 2 aromatic carbocycles. The summed E-state index contributed by atoms with van der Waals surface area (Å²) >= 11 is 0. The number of ether oxygens (including phenoxy) is 1. The Labute approximate surface area is 318 Å². The first-order valence-electron chi connectivity index (χ1n) is 19.8. The number of aromatic nitrogens is 1. The van der Waals surface area contributed by atoms with E-state index in [4.69, 9.17) is 4.74 Å². The van der Waals surface area contributed by atoms with Crippen LogP contribution >= 0.6 is 0 Å². The SMILES string of the molecule is CCCC(CCC)c1c2n(c3cc(C(=O)NS(=O)C(C)C)ccc13)CC1(C(=O)N3CCN(CC=O)CC3)CC1c1cc(OC)ccc1-2.CN1CCCC1. The van der Waals surface area contributed by atoms with Crippen molar-refractivity contribution in [3.05, 3.63) is 53.1 Å². The fourth-order valence-corrected chi connectivity index (χ4v) is 9.39. The van der Waals surface area contributed by atoms with Crippen molar-refractivity contribution < 1.29 is 23.3 Å². The fraction of sp³-hybridized carbons (Fsp3) is 0.595. The Balaban J connectivity index is 0.000000729. The summed E-state index contributed by atoms with van der Waals surface area (Å²) in [5.74, 6) is 0.946. The van der Waals surface area contributed by atoms with Gasteiger partial charge in [0.25, 0.3) is 5.91 Å². The lowest BCUT2D eigenvalue weighted by molar-refractivity contribution is -0.139. The number of fused-ring (bicyclic) bond motifs is 7. The third-order valence-electron chi connectivity index (χ3n) is 11.8. The lowest BCUT2D eigenvalue weighted by Gasteiger charge is -2.36. The van der Waals surface area contributed by atoms with Gasteiger partial charge < -0.3 is 23.9 Å². The summed E-state index contributed by atoms with van der Waals surface area (Å²) in [6, 6.07) is 12.2. The van der Waals surface area contributed by atoms with E-state index < -0.39 is 16.4 Å². The van der Waals surface area contributed by atoms with Gasteiger partial charge in [-0.25, -0.2) is 4.21 Å². The van der Waals surface area contributed by atoms with E-state index >= 15 is 0 Å². The van der Waals surface area contributed by atoms with E-state index in [1.165, 1.54) is 31.5 Å². The molecule has 288 valence electrons. The largest absolute Gasteiger partial charge is 0.497 e. The highest BCUT2D eigenvalue weighted by atomic mass is 32.2. The molecule has 11 heteroatoms. The maximum absolute atomic E-state index is 14.6. The van der Waals surface area contributed by atoms with Crippen LogP contribution in [-0.2, 0) is 27.1 Å². The Bertz CT molecular complexity index is 1820. The zero-order chi connectivity index (χ0) is 37.9. The molecule has 10 nitrogen and oxygen atoms in total. The molecule has 3 aliphatic heterocycles. The minimum absolute atomic E-state index is 0.0478. The van der Waals surface area contributed by atoms with Gasteiger partial charge in [-0.3, -0.25) is 19.2 Å². The Morgan fingerprint density at radius 1 is 1.00 bits per heavy atom. The van der Waals surface area contributed by atoms with Crippen LogP contribution in [0.15, 0.2) is 36.4 Å². The van der Waals surface area contributed by atoms with Crippen LogP contribution in [0.25, 0.3) is 22.2 Å². The highest BCUT2D eigenvalue weighted by Crippen LogP contribution is 2.66. The third-order valence-corrected chi connectivity index (χ3v) is 13.1. The second-order valence-electron chi connectivity index (χ2n) is 15.8. The van der Waals surface area contributed by atoms with Crippen LogP contribution in [0, 0.1) is 5.41 Å². The summed E-state index contributed by atoms with van der Waals surface area (Å²) < 4.78 is 23.3. The first kappa shape index (κ1) is 39.2. The summed E-state index contributed by atoms with van der Waals surface area (Å²) in [6.45, 7) is 14.2. The highest BCUT2D eigenvalue weighted by Gasteiger charge is 2.64. The standard InChI is InChI=1S/C37H48N4O5S.C5H11N/c1-6-8-25(9-7-2)33-29-12-10-26(35(43)38-47(45)24(3)4)20-32(29)41-23-37(36(44)40-16-14-39(15-17-40)18-19-42)22-31(37)30-21-27(46-5)11-13-28(30)34(33)41;1-6-4-2-3-5-6/h10-13,19-21,24-25,31H,6-9,14-18,22-23H2,1-5H3,(H,38,43);2-5H2,1H3. The fourth-order valence-electron chi connectivity index (χ4n) is 8.86. The van der Waals surface area contributed by atoms with Crippen LogP contribution in [0.5, 0.6) is 5.75 Å². The van der Waals surface area contributed by atoms with E-state index in [1.54, 1.807) is 7.11 Å². The van der Waals surface area contributed by atoms with Gasteiger partial charge in [-0.1, -0.05) is 32.8 Å². The zero-order valence-electron chi connectivity index (χ0n) is 32.6. The van der Waals surface area contributed by atoms with Gasteiger partial charge in [-0.15, -0.1) is 0 Å². The molecule has 53 heavy (non-hydrogen) atoms. The van der Waals surface area contributed by atoms with E-state index in [0.717, 1.165) is 71.9 Å². The third kappa shape index (κ3) is 7.98. The Morgan fingerprint density at radius 3 is 2.28 bits per heavy atom. The number of likely N-dealkylation sites (tertiary alicyclic amines) is 1. The average molecular weight is 746 g/mol. The predicted molar refractivity (Wildman–Crippen MR) is 213 cm³/mol. The predicted octanol–water partition coefficient (Wildman–Crippen LogP) is 6.35. The van der Waals surface area contributed by atoms with Crippen molar-refractivity contribution in [1.82, 2.24) is 24.0 Å². The van der Waals surface area contributed by atoms with Gasteiger partial charge in [0.05, 0.1) is 24.8 Å². The number of hydrogen-bond donors (Lipinski definition) is 1. The molecule has 4 aliphatic rings. The number of carbonyl (C=O) groups is 3. The van der Waals surface area contributed by atoms with Crippen LogP contribution in [0.2, 0.25) is 0 Å². The first-order chi connectivity index (χ1) is 25.6. The number of piperazine rings is 1. The molecule has 1 aliphatic carbocycles. The number of benzene rings is 2. The van der Waals surface area contributed by atoms with Crippen molar-refractivity contribution in [3.8, 4) is 17.0 Å². The summed E-state index contributed by atoms with van der Waals surface area (Å²) in [5, 5.41) is 0.911. The molecule has 1 saturated carbocycles. The van der Waals surface area contributed by atoms with Gasteiger partial charge >= 0.3 is 0 Å². The molecule has 0 radical (unpaired) electrons. The van der Waals surface area contributed by atoms with Gasteiger partial charge in [0, 0.05) is 65.9 Å². The number of nitrogens with one attached hydrogen (secondary N) is 1.